The van der Waals surface area contributed by atoms with Crippen LogP contribution in [0.25, 0.3) is 0 Å². The third kappa shape index (κ3) is 2.05. The molecule has 1 aromatic rings. The van der Waals surface area contributed by atoms with Gasteiger partial charge in [-0.2, -0.15) is 0 Å². The maximum atomic E-state index is 12.7. The van der Waals surface area contributed by atoms with Gasteiger partial charge in [-0.05, 0) is 24.6 Å². The van der Waals surface area contributed by atoms with Gasteiger partial charge < -0.3 is 15.8 Å². The summed E-state index contributed by atoms with van der Waals surface area (Å²) in [5, 5.41) is 3.36. The molecule has 3 atom stereocenters. The average Bonchev–Trinajstić information content (AvgIpc) is 2.89. The normalized spacial score (nSPS) is 33.2. The Hall–Kier alpha value is -0.620. The summed E-state index contributed by atoms with van der Waals surface area (Å²) in [7, 11) is 0. The van der Waals surface area contributed by atoms with Crippen molar-refractivity contribution in [3.8, 4) is 0 Å². The molecule has 0 radical (unpaired) electrons. The standard InChI is InChI=1S/C15H18BrClN2O2/c1-14(2)12-9(5-6-21-12)15(14,18)13(20)19-11-4-3-8(16)7-10(11)17/h3-4,7,9,12H,5-6,18H2,1-2H3,(H,19,20). The van der Waals surface area contributed by atoms with E-state index in [2.05, 4.69) is 21.2 Å². The quantitative estimate of drug-likeness (QED) is 0.837. The number of hydrogen-bond donors (Lipinski definition) is 2. The van der Waals surface area contributed by atoms with Crippen molar-refractivity contribution in [3.63, 3.8) is 0 Å². The highest BCUT2D eigenvalue weighted by Crippen LogP contribution is 2.58. The maximum absolute atomic E-state index is 12.7. The zero-order valence-corrected chi connectivity index (χ0v) is 14.3. The molecule has 1 heterocycles. The van der Waals surface area contributed by atoms with Crippen molar-refractivity contribution in [1.29, 1.82) is 0 Å². The number of nitrogens with two attached hydrogens (primary N) is 1. The first-order chi connectivity index (χ1) is 9.78. The van der Waals surface area contributed by atoms with Crippen LogP contribution >= 0.6 is 27.5 Å². The van der Waals surface area contributed by atoms with Gasteiger partial charge in [0.15, 0.2) is 0 Å². The van der Waals surface area contributed by atoms with Gasteiger partial charge in [0.2, 0.25) is 5.91 Å². The fraction of sp³-hybridized carbons (Fsp3) is 0.533. The highest BCUT2D eigenvalue weighted by Gasteiger charge is 2.71. The van der Waals surface area contributed by atoms with E-state index in [-0.39, 0.29) is 23.3 Å². The minimum absolute atomic E-state index is 0.0636. The number of nitrogens with one attached hydrogen (secondary N) is 1. The minimum atomic E-state index is -0.926. The summed E-state index contributed by atoms with van der Waals surface area (Å²) in [4.78, 5) is 12.7. The van der Waals surface area contributed by atoms with Gasteiger partial charge in [0.05, 0.1) is 16.8 Å². The van der Waals surface area contributed by atoms with Crippen molar-refractivity contribution in [3.05, 3.63) is 27.7 Å². The topological polar surface area (TPSA) is 64.3 Å². The maximum Gasteiger partial charge on any atom is 0.245 e. The molecule has 0 bridgehead atoms. The van der Waals surface area contributed by atoms with Crippen LogP contribution in [0.5, 0.6) is 0 Å². The molecular formula is C15H18BrClN2O2. The minimum Gasteiger partial charge on any atom is -0.377 e. The Morgan fingerprint density at radius 1 is 1.52 bits per heavy atom. The molecule has 1 aliphatic heterocycles. The van der Waals surface area contributed by atoms with Gasteiger partial charge in [-0.25, -0.2) is 0 Å². The van der Waals surface area contributed by atoms with Gasteiger partial charge in [0, 0.05) is 22.4 Å². The van der Waals surface area contributed by atoms with E-state index in [0.717, 1.165) is 10.9 Å². The molecule has 1 aliphatic carbocycles. The number of anilines is 1. The Morgan fingerprint density at radius 3 is 2.90 bits per heavy atom. The third-order valence-corrected chi connectivity index (χ3v) is 5.82. The predicted molar refractivity (Wildman–Crippen MR) is 86.3 cm³/mol. The molecule has 3 rings (SSSR count). The molecule has 3 unspecified atom stereocenters. The van der Waals surface area contributed by atoms with Gasteiger partial charge >= 0.3 is 0 Å². The lowest BCUT2D eigenvalue weighted by atomic mass is 9.48. The molecule has 2 fully saturated rings. The average molecular weight is 374 g/mol. The van der Waals surface area contributed by atoms with E-state index in [9.17, 15) is 4.79 Å². The summed E-state index contributed by atoms with van der Waals surface area (Å²) in [6, 6.07) is 5.34. The van der Waals surface area contributed by atoms with E-state index in [1.807, 2.05) is 19.9 Å². The molecule has 21 heavy (non-hydrogen) atoms. The van der Waals surface area contributed by atoms with Crippen molar-refractivity contribution in [2.24, 2.45) is 17.1 Å². The molecule has 1 saturated heterocycles. The lowest BCUT2D eigenvalue weighted by Crippen LogP contribution is -2.79. The summed E-state index contributed by atoms with van der Waals surface area (Å²) in [6.45, 7) is 4.65. The largest absolute Gasteiger partial charge is 0.377 e. The molecule has 1 saturated carbocycles. The van der Waals surface area contributed by atoms with Crippen LogP contribution in [0.1, 0.15) is 20.3 Å². The summed E-state index contributed by atoms with van der Waals surface area (Å²) in [5.41, 5.74) is 5.75. The molecule has 3 N–H and O–H groups in total. The van der Waals surface area contributed by atoms with E-state index >= 15 is 0 Å². The fourth-order valence-corrected chi connectivity index (χ4v) is 4.38. The molecule has 114 valence electrons. The van der Waals surface area contributed by atoms with Crippen molar-refractivity contribution < 1.29 is 9.53 Å². The van der Waals surface area contributed by atoms with E-state index in [0.29, 0.717) is 17.3 Å². The predicted octanol–water partition coefficient (Wildman–Crippen LogP) is 3.18. The smallest absolute Gasteiger partial charge is 0.245 e. The highest BCUT2D eigenvalue weighted by atomic mass is 79.9. The Balaban J connectivity index is 1.85. The Labute approximate surface area is 137 Å². The second-order valence-corrected chi connectivity index (χ2v) is 7.68. The van der Waals surface area contributed by atoms with E-state index in [4.69, 9.17) is 22.1 Å². The number of halogens is 2. The molecule has 1 amide bonds. The van der Waals surface area contributed by atoms with Gasteiger partial charge in [-0.3, -0.25) is 4.79 Å². The summed E-state index contributed by atoms with van der Waals surface area (Å²) in [6.07, 6.45) is 0.889. The summed E-state index contributed by atoms with van der Waals surface area (Å²) >= 11 is 9.50. The van der Waals surface area contributed by atoms with Crippen molar-refractivity contribution in [2.75, 3.05) is 11.9 Å². The van der Waals surface area contributed by atoms with Crippen molar-refractivity contribution in [1.82, 2.24) is 0 Å². The third-order valence-electron chi connectivity index (χ3n) is 5.01. The highest BCUT2D eigenvalue weighted by molar-refractivity contribution is 9.10. The van der Waals surface area contributed by atoms with Crippen molar-refractivity contribution >= 4 is 39.1 Å². The molecular weight excluding hydrogens is 356 g/mol. The van der Waals surface area contributed by atoms with Crippen LogP contribution in [0.4, 0.5) is 5.69 Å². The number of rotatable bonds is 2. The lowest BCUT2D eigenvalue weighted by molar-refractivity contribution is -0.170. The first-order valence-electron chi connectivity index (χ1n) is 6.95. The zero-order chi connectivity index (χ0) is 15.4. The van der Waals surface area contributed by atoms with Gasteiger partial charge in [-0.1, -0.05) is 41.4 Å². The van der Waals surface area contributed by atoms with Crippen molar-refractivity contribution in [2.45, 2.75) is 31.9 Å². The number of fused-ring (bicyclic) bond motifs is 1. The van der Waals surface area contributed by atoms with Crippen LogP contribution in [0.3, 0.4) is 0 Å². The van der Waals surface area contributed by atoms with Crippen LogP contribution in [-0.4, -0.2) is 24.2 Å². The zero-order valence-electron chi connectivity index (χ0n) is 12.0. The number of carbonyl (C=O) groups is 1. The molecule has 1 aromatic carbocycles. The van der Waals surface area contributed by atoms with E-state index < -0.39 is 5.54 Å². The molecule has 0 aromatic heterocycles. The second kappa shape index (κ2) is 4.95. The van der Waals surface area contributed by atoms with E-state index in [1.165, 1.54) is 0 Å². The molecule has 0 spiro atoms. The summed E-state index contributed by atoms with van der Waals surface area (Å²) in [5.74, 6) is -0.120. The molecule has 2 aliphatic rings. The van der Waals surface area contributed by atoms with Crippen LogP contribution in [-0.2, 0) is 9.53 Å². The SMILES string of the molecule is CC1(C)C2OCCC2C1(N)C(=O)Nc1ccc(Br)cc1Cl. The van der Waals surface area contributed by atoms with Gasteiger partial charge in [0.1, 0.15) is 5.54 Å². The molecule has 4 nitrogen and oxygen atoms in total. The number of ether oxygens (including phenoxy) is 1. The van der Waals surface area contributed by atoms with Crippen LogP contribution in [0.2, 0.25) is 5.02 Å². The second-order valence-electron chi connectivity index (χ2n) is 6.36. The van der Waals surface area contributed by atoms with Crippen LogP contribution in [0, 0.1) is 11.3 Å². The first kappa shape index (κ1) is 15.3. The number of amides is 1. The van der Waals surface area contributed by atoms with Crippen LogP contribution < -0.4 is 11.1 Å². The van der Waals surface area contributed by atoms with Gasteiger partial charge in [-0.15, -0.1) is 0 Å². The Bertz CT molecular complexity index is 607. The summed E-state index contributed by atoms with van der Waals surface area (Å²) < 4.78 is 6.57. The fourth-order valence-electron chi connectivity index (χ4n) is 3.66. The van der Waals surface area contributed by atoms with E-state index in [1.54, 1.807) is 12.1 Å². The van der Waals surface area contributed by atoms with Gasteiger partial charge in [0.25, 0.3) is 0 Å². The lowest BCUT2D eigenvalue weighted by Gasteiger charge is -2.60. The Kier molecular flexibility index (Phi) is 3.60. The Morgan fingerprint density at radius 2 is 2.24 bits per heavy atom. The number of carbonyl (C=O) groups excluding carboxylic acids is 1. The monoisotopic (exact) mass is 372 g/mol. The molecule has 6 heteroatoms. The first-order valence-corrected chi connectivity index (χ1v) is 8.12. The van der Waals surface area contributed by atoms with Crippen LogP contribution in [0.15, 0.2) is 22.7 Å². The number of benzene rings is 1. The number of hydrogen-bond acceptors (Lipinski definition) is 3.